The molecule has 338 valence electrons. The van der Waals surface area contributed by atoms with Crippen LogP contribution in [-0.2, 0) is 38.2 Å². The maximum Gasteiger partial charge on any atom is 0.347 e. The summed E-state index contributed by atoms with van der Waals surface area (Å²) in [6.45, 7) is 22.5. The molecule has 5 rings (SSSR count). The van der Waals surface area contributed by atoms with Crippen molar-refractivity contribution in [1.82, 2.24) is 23.5 Å². The van der Waals surface area contributed by atoms with E-state index in [2.05, 4.69) is 48.4 Å². The molecule has 0 spiro atoms. The Hall–Kier alpha value is -5.53. The number of carbonyl (C=O) groups excluding carboxylic acids is 5. The zero-order chi connectivity index (χ0) is 45.1. The van der Waals surface area contributed by atoms with E-state index >= 15 is 0 Å². The van der Waals surface area contributed by atoms with Crippen molar-refractivity contribution in [3.8, 4) is 5.88 Å². The van der Waals surface area contributed by atoms with Crippen LogP contribution in [0.4, 0.5) is 22.9 Å². The Morgan fingerprint density at radius 3 is 2.47 bits per heavy atom. The van der Waals surface area contributed by atoms with Crippen LogP contribution in [0.2, 0.25) is 0 Å². The lowest BCUT2D eigenvalue weighted by atomic mass is 10.0. The first-order valence-corrected chi connectivity index (χ1v) is 21.8. The number of H-pyrrole nitrogens is 1. The molecule has 0 aliphatic carbocycles. The highest BCUT2D eigenvalue weighted by atomic mass is 32.1. The van der Waals surface area contributed by atoms with Gasteiger partial charge in [0, 0.05) is 73.4 Å². The number of rotatable bonds is 20. The number of benzene rings is 1. The van der Waals surface area contributed by atoms with Crippen molar-refractivity contribution >= 4 is 75.9 Å². The maximum absolute atomic E-state index is 13.3. The number of esters is 2. The fourth-order valence-corrected chi connectivity index (χ4v) is 7.75. The Labute approximate surface area is 367 Å². The van der Waals surface area contributed by atoms with Crippen molar-refractivity contribution in [2.45, 2.75) is 92.9 Å². The third-order valence-corrected chi connectivity index (χ3v) is 11.2. The van der Waals surface area contributed by atoms with Crippen LogP contribution in [0.1, 0.15) is 83.8 Å². The molecule has 4 N–H and O–H groups in total. The third-order valence-electron chi connectivity index (χ3n) is 10.7. The minimum atomic E-state index is -1.32. The zero-order valence-electron chi connectivity index (χ0n) is 37.3. The van der Waals surface area contributed by atoms with Crippen molar-refractivity contribution in [3.05, 3.63) is 40.7 Å². The van der Waals surface area contributed by atoms with E-state index in [9.17, 15) is 24.0 Å². The lowest BCUT2D eigenvalue weighted by molar-refractivity contribution is -0.173. The monoisotopic (exact) mass is 879 g/mol. The number of ether oxygens (including phenoxy) is 4. The predicted octanol–water partition coefficient (Wildman–Crippen LogP) is 4.85. The Kier molecular flexibility index (Phi) is 16.5. The van der Waals surface area contributed by atoms with E-state index < -0.39 is 35.6 Å². The van der Waals surface area contributed by atoms with E-state index in [1.165, 1.54) is 13.8 Å². The van der Waals surface area contributed by atoms with Gasteiger partial charge in [-0.3, -0.25) is 19.2 Å². The number of likely N-dealkylation sites (N-methyl/N-ethyl adjacent to an activating group) is 1. The minimum Gasteiger partial charge on any atom is -0.470 e. The second-order valence-corrected chi connectivity index (χ2v) is 16.8. The standard InChI is InChI=1S/C43H61N9O9S/c1-10-50(11-2)17-16-44-38-26(3)35(45-27(38)4)23-33-32-22-30(12-13-34(32)47-40(33)56)46-36(54)14-15-37(55)60-28(5)42(57)61-31(24-52(29(6)53)43(7,8)9)25-59-41-39(48-62-49-41)51-18-20-58-21-19-51/h12-13,22-23,28,31,44-45H,10-11,14-21,24-25H2,1-9H3,(H,46,54)(H,47,56)/b33-23-/t28-,31-/m0/s1. The molecule has 3 aromatic rings. The molecule has 1 fully saturated rings. The number of hydrogen-bond donors (Lipinski definition) is 4. The van der Waals surface area contributed by atoms with Crippen molar-refractivity contribution in [2.24, 2.45) is 0 Å². The molecule has 0 bridgehead atoms. The highest BCUT2D eigenvalue weighted by molar-refractivity contribution is 6.99. The average Bonchev–Trinajstić information content (AvgIpc) is 3.90. The normalized spacial score (nSPS) is 15.5. The molecule has 2 aliphatic rings. The Bertz CT molecular complexity index is 2100. The summed E-state index contributed by atoms with van der Waals surface area (Å²) in [6.07, 6.45) is -1.01. The van der Waals surface area contributed by atoms with Crippen LogP contribution in [-0.4, -0.2) is 137 Å². The summed E-state index contributed by atoms with van der Waals surface area (Å²) in [5.41, 5.74) is 5.28. The smallest absolute Gasteiger partial charge is 0.347 e. The van der Waals surface area contributed by atoms with E-state index in [0.717, 1.165) is 60.5 Å². The molecule has 2 aromatic heterocycles. The lowest BCUT2D eigenvalue weighted by Crippen LogP contribution is -2.50. The first kappa shape index (κ1) is 47.5. The van der Waals surface area contributed by atoms with Crippen LogP contribution in [0.25, 0.3) is 11.6 Å². The van der Waals surface area contributed by atoms with Crippen LogP contribution in [0, 0.1) is 13.8 Å². The van der Waals surface area contributed by atoms with Gasteiger partial charge in [0.2, 0.25) is 17.6 Å². The summed E-state index contributed by atoms with van der Waals surface area (Å²) in [4.78, 5) is 74.2. The van der Waals surface area contributed by atoms with Gasteiger partial charge in [0.1, 0.15) is 6.61 Å². The summed E-state index contributed by atoms with van der Waals surface area (Å²) in [7, 11) is 0. The number of aromatic nitrogens is 3. The molecule has 1 aromatic carbocycles. The predicted molar refractivity (Wildman–Crippen MR) is 238 cm³/mol. The van der Waals surface area contributed by atoms with E-state index in [0.29, 0.717) is 54.6 Å². The number of aryl methyl sites for hydroxylation is 1. The molecule has 0 saturated carbocycles. The highest BCUT2D eigenvalue weighted by Gasteiger charge is 2.32. The number of morpholine rings is 1. The van der Waals surface area contributed by atoms with Gasteiger partial charge in [-0.05, 0) is 84.5 Å². The van der Waals surface area contributed by atoms with Gasteiger partial charge in [0.25, 0.3) is 11.8 Å². The van der Waals surface area contributed by atoms with Gasteiger partial charge in [0.05, 0.1) is 49.2 Å². The summed E-state index contributed by atoms with van der Waals surface area (Å²) in [5, 5.41) is 9.21. The number of carbonyl (C=O) groups is 5. The fourth-order valence-electron chi connectivity index (χ4n) is 7.23. The quantitative estimate of drug-likeness (QED) is 0.0884. The molecule has 1 saturated heterocycles. The van der Waals surface area contributed by atoms with Gasteiger partial charge in [0.15, 0.2) is 12.2 Å². The SMILES string of the molecule is CCN(CC)CCNc1c(C)[nH]c(/C=C2\C(=O)Nc3ccc(NC(=O)CCC(=O)O[C@@H](C)C(=O)O[C@H](COc4nsnc4N4CCOCC4)CN(C(C)=O)C(C)(C)C)cc32)c1C. The molecule has 2 atom stereocenters. The van der Waals surface area contributed by atoms with Gasteiger partial charge in [-0.2, -0.15) is 4.37 Å². The van der Waals surface area contributed by atoms with E-state index in [-0.39, 0.29) is 43.7 Å². The zero-order valence-corrected chi connectivity index (χ0v) is 38.1. The van der Waals surface area contributed by atoms with E-state index in [1.807, 2.05) is 45.6 Å². The molecule has 18 nitrogen and oxygen atoms in total. The van der Waals surface area contributed by atoms with Crippen molar-refractivity contribution < 1.29 is 42.9 Å². The number of nitrogens with one attached hydrogen (secondary N) is 4. The number of aromatic amines is 1. The molecule has 0 unspecified atom stereocenters. The second kappa shape index (κ2) is 21.5. The van der Waals surface area contributed by atoms with Crippen LogP contribution in [0.15, 0.2) is 18.2 Å². The van der Waals surface area contributed by atoms with Crippen LogP contribution in [0.5, 0.6) is 5.88 Å². The Balaban J connectivity index is 1.16. The molecular formula is C43H61N9O9S. The molecular weight excluding hydrogens is 819 g/mol. The number of anilines is 4. The number of hydrogen-bond acceptors (Lipinski definition) is 15. The molecule has 3 amide bonds. The number of fused-ring (bicyclic) bond motifs is 1. The highest BCUT2D eigenvalue weighted by Crippen LogP contribution is 2.36. The second-order valence-electron chi connectivity index (χ2n) is 16.2. The Morgan fingerprint density at radius 2 is 1.79 bits per heavy atom. The van der Waals surface area contributed by atoms with Crippen LogP contribution < -0.4 is 25.6 Å². The van der Waals surface area contributed by atoms with Crippen LogP contribution in [0.3, 0.4) is 0 Å². The third kappa shape index (κ3) is 12.5. The fraction of sp³-hybridized carbons (Fsp3) is 0.558. The molecule has 19 heteroatoms. The maximum atomic E-state index is 13.3. The van der Waals surface area contributed by atoms with Gasteiger partial charge in [-0.1, -0.05) is 13.8 Å². The molecule has 4 heterocycles. The summed E-state index contributed by atoms with van der Waals surface area (Å²) >= 11 is 0.990. The first-order valence-electron chi connectivity index (χ1n) is 21.1. The topological polar surface area (TPSA) is 210 Å². The van der Waals surface area contributed by atoms with Gasteiger partial charge in [-0.25, -0.2) is 4.79 Å². The van der Waals surface area contributed by atoms with Crippen LogP contribution >= 0.6 is 11.7 Å². The summed E-state index contributed by atoms with van der Waals surface area (Å²) in [5.74, 6) is -1.76. The molecule has 0 radical (unpaired) electrons. The van der Waals surface area contributed by atoms with E-state index in [4.69, 9.17) is 18.9 Å². The number of amides is 3. The molecule has 62 heavy (non-hydrogen) atoms. The van der Waals surface area contributed by atoms with Gasteiger partial charge < -0.3 is 54.6 Å². The summed E-state index contributed by atoms with van der Waals surface area (Å²) < 4.78 is 31.3. The first-order chi connectivity index (χ1) is 29.5. The van der Waals surface area contributed by atoms with Gasteiger partial charge >= 0.3 is 11.9 Å². The van der Waals surface area contributed by atoms with Crippen molar-refractivity contribution in [2.75, 3.05) is 86.5 Å². The van der Waals surface area contributed by atoms with E-state index in [1.54, 1.807) is 23.1 Å². The van der Waals surface area contributed by atoms with Gasteiger partial charge in [-0.15, -0.1) is 4.37 Å². The van der Waals surface area contributed by atoms with Crippen molar-refractivity contribution in [3.63, 3.8) is 0 Å². The largest absolute Gasteiger partial charge is 0.470 e. The minimum absolute atomic E-state index is 0.00117. The molecule has 2 aliphatic heterocycles. The lowest BCUT2D eigenvalue weighted by Gasteiger charge is -2.37. The number of nitrogens with zero attached hydrogens (tertiary/aromatic N) is 5. The Morgan fingerprint density at radius 1 is 1.06 bits per heavy atom. The average molecular weight is 880 g/mol. The van der Waals surface area contributed by atoms with Crippen molar-refractivity contribution in [1.29, 1.82) is 0 Å². The summed E-state index contributed by atoms with van der Waals surface area (Å²) in [6, 6.07) is 5.09.